The molecule has 0 atom stereocenters. The van der Waals surface area contributed by atoms with Crippen molar-refractivity contribution in [2.75, 3.05) is 13.1 Å². The van der Waals surface area contributed by atoms with Crippen LogP contribution in [0.3, 0.4) is 0 Å². The molecule has 3 heteroatoms. The fourth-order valence-electron chi connectivity index (χ4n) is 2.20. The zero-order valence-electron chi connectivity index (χ0n) is 9.56. The Labute approximate surface area is 100 Å². The molecular weight excluding hydrogens is 214 g/mol. The minimum Gasteiger partial charge on any atom is -0.451 e. The number of hydrogen-bond donors (Lipinski definition) is 0. The Morgan fingerprint density at radius 3 is 2.71 bits per heavy atom. The monoisotopic (exact) mass is 228 g/mol. The molecule has 1 aliphatic heterocycles. The molecule has 0 saturated carbocycles. The molecule has 2 aromatic rings. The highest BCUT2D eigenvalue weighted by atomic mass is 16.3. The predicted molar refractivity (Wildman–Crippen MR) is 65.7 cm³/mol. The van der Waals surface area contributed by atoms with Crippen LogP contribution in [-0.4, -0.2) is 23.9 Å². The van der Waals surface area contributed by atoms with Crippen molar-refractivity contribution < 1.29 is 9.21 Å². The van der Waals surface area contributed by atoms with Gasteiger partial charge in [0.1, 0.15) is 5.58 Å². The van der Waals surface area contributed by atoms with Crippen LogP contribution in [-0.2, 0) is 0 Å². The second kappa shape index (κ2) is 4.24. The number of carbonyl (C=O) groups is 1. The first-order chi connectivity index (χ1) is 8.34. The molecule has 3 rings (SSSR count). The van der Waals surface area contributed by atoms with Crippen LogP contribution in [0.15, 0.2) is 34.7 Å². The van der Waals surface area contributed by atoms with Gasteiger partial charge in [-0.15, -0.1) is 0 Å². The van der Waals surface area contributed by atoms with Crippen LogP contribution in [0.4, 0.5) is 0 Å². The maximum absolute atomic E-state index is 12.2. The first-order valence-electron chi connectivity index (χ1n) is 5.94. The third kappa shape index (κ3) is 1.93. The van der Waals surface area contributed by atoms with Gasteiger partial charge in [-0.1, -0.05) is 18.2 Å². The standard InChI is InChI=1S/C14H14NO2/c16-14(15-8-4-1-5-9-15)13-10-11-6-2-3-7-12(11)17-13/h1-3,6-7,10H,4-5,8-9H2. The van der Waals surface area contributed by atoms with E-state index in [9.17, 15) is 4.79 Å². The van der Waals surface area contributed by atoms with Gasteiger partial charge in [-0.2, -0.15) is 0 Å². The molecule has 0 aliphatic carbocycles. The van der Waals surface area contributed by atoms with Gasteiger partial charge in [0.25, 0.3) is 5.91 Å². The highest BCUT2D eigenvalue weighted by Gasteiger charge is 2.21. The highest BCUT2D eigenvalue weighted by molar-refractivity contribution is 5.96. The van der Waals surface area contributed by atoms with Gasteiger partial charge < -0.3 is 9.32 Å². The van der Waals surface area contributed by atoms with Crippen molar-refractivity contribution in [3.63, 3.8) is 0 Å². The normalized spacial score (nSPS) is 16.4. The Morgan fingerprint density at radius 2 is 1.94 bits per heavy atom. The van der Waals surface area contributed by atoms with Gasteiger partial charge in [0.05, 0.1) is 0 Å². The van der Waals surface area contributed by atoms with Crippen molar-refractivity contribution in [3.8, 4) is 0 Å². The van der Waals surface area contributed by atoms with E-state index in [0.717, 1.165) is 36.9 Å². The fraction of sp³-hybridized carbons (Fsp3) is 0.286. The zero-order valence-corrected chi connectivity index (χ0v) is 9.56. The van der Waals surface area contributed by atoms with Gasteiger partial charge in [0, 0.05) is 18.5 Å². The number of fused-ring (bicyclic) bond motifs is 1. The number of likely N-dealkylation sites (tertiary alicyclic amines) is 1. The summed E-state index contributed by atoms with van der Waals surface area (Å²) >= 11 is 0. The predicted octanol–water partition coefficient (Wildman–Crippen LogP) is 2.87. The van der Waals surface area contributed by atoms with Crippen LogP contribution in [0.2, 0.25) is 0 Å². The number of nitrogens with zero attached hydrogens (tertiary/aromatic N) is 1. The van der Waals surface area contributed by atoms with Gasteiger partial charge >= 0.3 is 0 Å². The summed E-state index contributed by atoms with van der Waals surface area (Å²) in [7, 11) is 0. The van der Waals surface area contributed by atoms with Gasteiger partial charge in [-0.05, 0) is 31.4 Å². The van der Waals surface area contributed by atoms with Gasteiger partial charge in [0.15, 0.2) is 5.76 Å². The Morgan fingerprint density at radius 1 is 1.18 bits per heavy atom. The average Bonchev–Trinajstić information content (AvgIpc) is 2.82. The number of carbonyl (C=O) groups excluding carboxylic acids is 1. The lowest BCUT2D eigenvalue weighted by molar-refractivity contribution is 0.0712. The van der Waals surface area contributed by atoms with Gasteiger partial charge in [-0.25, -0.2) is 0 Å². The summed E-state index contributed by atoms with van der Waals surface area (Å²) in [5.41, 5.74) is 0.777. The maximum atomic E-state index is 12.2. The molecule has 1 saturated heterocycles. The van der Waals surface area contributed by atoms with Crippen LogP contribution >= 0.6 is 0 Å². The Hall–Kier alpha value is -1.77. The molecule has 1 aromatic heterocycles. The lowest BCUT2D eigenvalue weighted by Gasteiger charge is -2.25. The Bertz CT molecular complexity index is 505. The summed E-state index contributed by atoms with van der Waals surface area (Å²) in [4.78, 5) is 14.0. The van der Waals surface area contributed by atoms with E-state index >= 15 is 0 Å². The number of amides is 1. The Kier molecular flexibility index (Phi) is 2.59. The fourth-order valence-corrected chi connectivity index (χ4v) is 2.20. The molecule has 1 aliphatic rings. The van der Waals surface area contributed by atoms with Crippen molar-refractivity contribution >= 4 is 16.9 Å². The lowest BCUT2D eigenvalue weighted by Crippen LogP contribution is -2.35. The third-order valence-electron chi connectivity index (χ3n) is 3.13. The molecule has 0 spiro atoms. The summed E-state index contributed by atoms with van der Waals surface area (Å²) in [6, 6.07) is 9.53. The molecule has 17 heavy (non-hydrogen) atoms. The lowest BCUT2D eigenvalue weighted by atomic mass is 10.1. The molecule has 1 aromatic carbocycles. The number of benzene rings is 1. The van der Waals surface area contributed by atoms with E-state index in [2.05, 4.69) is 6.42 Å². The summed E-state index contributed by atoms with van der Waals surface area (Å²) in [6.07, 6.45) is 4.18. The first-order valence-corrected chi connectivity index (χ1v) is 5.94. The third-order valence-corrected chi connectivity index (χ3v) is 3.13. The summed E-state index contributed by atoms with van der Waals surface area (Å²) in [6.45, 7) is 1.60. The minimum absolute atomic E-state index is 0.00861. The molecule has 2 heterocycles. The molecule has 3 nitrogen and oxygen atoms in total. The van der Waals surface area contributed by atoms with Crippen LogP contribution in [0.1, 0.15) is 23.4 Å². The molecule has 1 radical (unpaired) electrons. The highest BCUT2D eigenvalue weighted by Crippen LogP contribution is 2.21. The largest absolute Gasteiger partial charge is 0.451 e. The molecule has 0 unspecified atom stereocenters. The molecule has 87 valence electrons. The van der Waals surface area contributed by atoms with Crippen LogP contribution < -0.4 is 0 Å². The number of rotatable bonds is 1. The number of para-hydroxylation sites is 1. The van der Waals surface area contributed by atoms with E-state index in [0.29, 0.717) is 5.76 Å². The average molecular weight is 228 g/mol. The summed E-state index contributed by atoms with van der Waals surface area (Å²) in [5.74, 6) is 0.461. The Balaban J connectivity index is 1.89. The van der Waals surface area contributed by atoms with Crippen molar-refractivity contribution in [3.05, 3.63) is 42.5 Å². The van der Waals surface area contributed by atoms with E-state index in [1.807, 2.05) is 35.2 Å². The molecule has 1 fully saturated rings. The maximum Gasteiger partial charge on any atom is 0.289 e. The topological polar surface area (TPSA) is 33.5 Å². The molecule has 0 bridgehead atoms. The second-order valence-corrected chi connectivity index (χ2v) is 4.31. The zero-order chi connectivity index (χ0) is 11.7. The van der Waals surface area contributed by atoms with Crippen molar-refractivity contribution in [1.29, 1.82) is 0 Å². The van der Waals surface area contributed by atoms with Gasteiger partial charge in [-0.3, -0.25) is 4.79 Å². The minimum atomic E-state index is 0.00861. The van der Waals surface area contributed by atoms with Crippen LogP contribution in [0.5, 0.6) is 0 Å². The smallest absolute Gasteiger partial charge is 0.289 e. The van der Waals surface area contributed by atoms with E-state index in [1.54, 1.807) is 0 Å². The summed E-state index contributed by atoms with van der Waals surface area (Å²) < 4.78 is 5.58. The first kappa shape index (κ1) is 10.4. The van der Waals surface area contributed by atoms with Crippen LogP contribution in [0.25, 0.3) is 11.0 Å². The van der Waals surface area contributed by atoms with Crippen molar-refractivity contribution in [1.82, 2.24) is 4.90 Å². The van der Waals surface area contributed by atoms with E-state index in [1.165, 1.54) is 0 Å². The van der Waals surface area contributed by atoms with Gasteiger partial charge in [0.2, 0.25) is 0 Å². The van der Waals surface area contributed by atoms with E-state index < -0.39 is 0 Å². The number of piperidine rings is 1. The summed E-state index contributed by atoms with van der Waals surface area (Å²) in [5, 5.41) is 0.986. The van der Waals surface area contributed by atoms with Crippen LogP contribution in [0, 0.1) is 6.42 Å². The number of hydrogen-bond acceptors (Lipinski definition) is 2. The SMILES string of the molecule is O=C(c1cc2ccccc2o1)N1CC[CH]CC1. The van der Waals surface area contributed by atoms with Crippen molar-refractivity contribution in [2.45, 2.75) is 12.8 Å². The second-order valence-electron chi connectivity index (χ2n) is 4.31. The molecular formula is C14H14NO2. The molecule has 1 amide bonds. The van der Waals surface area contributed by atoms with Crippen molar-refractivity contribution in [2.24, 2.45) is 0 Å². The van der Waals surface area contributed by atoms with E-state index in [4.69, 9.17) is 4.42 Å². The number of furan rings is 1. The quantitative estimate of drug-likeness (QED) is 0.752. The molecule has 0 N–H and O–H groups in total. The van der Waals surface area contributed by atoms with E-state index in [-0.39, 0.29) is 5.91 Å².